The van der Waals surface area contributed by atoms with Crippen LogP contribution in [0.4, 0.5) is 5.69 Å². The molecule has 0 aliphatic heterocycles. The lowest BCUT2D eigenvalue weighted by Gasteiger charge is -2.12. The number of rotatable bonds is 6. The molecule has 2 aromatic carbocycles. The minimum Gasteiger partial charge on any atom is -0.465 e. The van der Waals surface area contributed by atoms with Gasteiger partial charge >= 0.3 is 5.97 Å². The predicted octanol–water partition coefficient (Wildman–Crippen LogP) is 5.09. The molecule has 1 N–H and O–H groups in total. The highest BCUT2D eigenvalue weighted by Crippen LogP contribution is 2.28. The molecule has 0 radical (unpaired) electrons. The lowest BCUT2D eigenvalue weighted by Crippen LogP contribution is -2.14. The maximum atomic E-state index is 12.8. The van der Waals surface area contributed by atoms with E-state index in [2.05, 4.69) is 10.3 Å². The van der Waals surface area contributed by atoms with Gasteiger partial charge in [0.05, 0.1) is 28.9 Å². The van der Waals surface area contributed by atoms with E-state index in [9.17, 15) is 9.59 Å². The number of amides is 1. The van der Waals surface area contributed by atoms with Gasteiger partial charge in [0, 0.05) is 21.7 Å². The summed E-state index contributed by atoms with van der Waals surface area (Å²) in [7, 11) is 1.34. The first-order valence-electron chi connectivity index (χ1n) is 8.61. The maximum absolute atomic E-state index is 12.8. The summed E-state index contributed by atoms with van der Waals surface area (Å²) in [6, 6.07) is 12.6. The van der Waals surface area contributed by atoms with Crippen molar-refractivity contribution >= 4 is 40.7 Å². The molecule has 0 aliphatic rings. The molecule has 0 fully saturated rings. The zero-order valence-corrected chi connectivity index (χ0v) is 17.4. The van der Waals surface area contributed by atoms with Crippen molar-refractivity contribution in [2.45, 2.75) is 24.5 Å². The number of aromatic nitrogens is 1. The predicted molar refractivity (Wildman–Crippen MR) is 113 cm³/mol. The second kappa shape index (κ2) is 9.03. The van der Waals surface area contributed by atoms with E-state index in [0.717, 1.165) is 21.2 Å². The second-order valence-corrected chi connectivity index (χ2v) is 8.20. The van der Waals surface area contributed by atoms with Gasteiger partial charge in [0.1, 0.15) is 0 Å². The van der Waals surface area contributed by atoms with Crippen LogP contribution in [0.1, 0.15) is 37.0 Å². The van der Waals surface area contributed by atoms with Gasteiger partial charge in [-0.3, -0.25) is 4.79 Å². The number of nitrogens with zero attached hydrogens (tertiary/aromatic N) is 1. The third-order valence-electron chi connectivity index (χ3n) is 4.07. The van der Waals surface area contributed by atoms with Crippen molar-refractivity contribution in [1.29, 1.82) is 0 Å². The number of carbonyl (C=O) groups excluding carboxylic acids is 2. The highest BCUT2D eigenvalue weighted by atomic mass is 32.2. The Bertz CT molecular complexity index is 1010. The van der Waals surface area contributed by atoms with E-state index in [-0.39, 0.29) is 5.91 Å². The Labute approximate surface area is 172 Å². The Kier molecular flexibility index (Phi) is 6.49. The van der Waals surface area contributed by atoms with Crippen molar-refractivity contribution < 1.29 is 14.3 Å². The highest BCUT2D eigenvalue weighted by Gasteiger charge is 2.14. The first-order valence-corrected chi connectivity index (χ1v) is 10.5. The van der Waals surface area contributed by atoms with Crippen LogP contribution in [0.15, 0.2) is 52.7 Å². The van der Waals surface area contributed by atoms with Gasteiger partial charge in [0.25, 0.3) is 5.91 Å². The smallest absolute Gasteiger partial charge is 0.337 e. The van der Waals surface area contributed by atoms with Gasteiger partial charge in [0.2, 0.25) is 0 Å². The topological polar surface area (TPSA) is 68.3 Å². The zero-order chi connectivity index (χ0) is 20.1. The average Bonchev–Trinajstić information content (AvgIpc) is 3.12. The molecule has 0 saturated heterocycles. The third-order valence-corrected chi connectivity index (χ3v) is 6.00. The van der Waals surface area contributed by atoms with Gasteiger partial charge in [-0.2, -0.15) is 0 Å². The van der Waals surface area contributed by atoms with Gasteiger partial charge in [-0.1, -0.05) is 12.1 Å². The van der Waals surface area contributed by atoms with Crippen molar-refractivity contribution in [3.63, 3.8) is 0 Å². The van der Waals surface area contributed by atoms with Crippen LogP contribution < -0.4 is 5.32 Å². The molecule has 0 atom stereocenters. The van der Waals surface area contributed by atoms with Gasteiger partial charge in [-0.25, -0.2) is 9.78 Å². The Morgan fingerprint density at radius 2 is 1.96 bits per heavy atom. The van der Waals surface area contributed by atoms with E-state index in [1.54, 1.807) is 41.3 Å². The van der Waals surface area contributed by atoms with Crippen LogP contribution in [0.5, 0.6) is 0 Å². The van der Waals surface area contributed by atoms with E-state index >= 15 is 0 Å². The Hall–Kier alpha value is -2.64. The number of anilines is 1. The molecule has 1 aromatic heterocycles. The lowest BCUT2D eigenvalue weighted by atomic mass is 10.1. The second-order valence-electron chi connectivity index (χ2n) is 6.12. The van der Waals surface area contributed by atoms with Crippen molar-refractivity contribution in [1.82, 2.24) is 4.98 Å². The fraction of sp³-hybridized carbons (Fsp3) is 0.190. The van der Waals surface area contributed by atoms with Crippen LogP contribution in [0, 0.1) is 13.8 Å². The lowest BCUT2D eigenvalue weighted by molar-refractivity contribution is 0.0600. The van der Waals surface area contributed by atoms with E-state index in [4.69, 9.17) is 4.74 Å². The summed E-state index contributed by atoms with van der Waals surface area (Å²) in [5.41, 5.74) is 3.52. The number of nitrogens with one attached hydrogen (secondary N) is 1. The van der Waals surface area contributed by atoms with E-state index < -0.39 is 5.97 Å². The Morgan fingerprint density at radius 3 is 2.64 bits per heavy atom. The minimum absolute atomic E-state index is 0.188. The number of ether oxygens (including phenoxy) is 1. The van der Waals surface area contributed by atoms with Crippen LogP contribution in [-0.2, 0) is 10.5 Å². The molecule has 1 amide bonds. The number of aryl methyl sites for hydroxylation is 2. The van der Waals surface area contributed by atoms with Crippen molar-refractivity contribution in [3.8, 4) is 0 Å². The Morgan fingerprint density at radius 1 is 1.18 bits per heavy atom. The van der Waals surface area contributed by atoms with E-state index in [1.807, 2.05) is 43.5 Å². The molecule has 0 unspecified atom stereocenters. The summed E-state index contributed by atoms with van der Waals surface area (Å²) in [4.78, 5) is 29.9. The summed E-state index contributed by atoms with van der Waals surface area (Å²) in [5, 5.41) is 6.01. The van der Waals surface area contributed by atoms with Crippen LogP contribution in [0.3, 0.4) is 0 Å². The number of methoxy groups -OCH3 is 1. The van der Waals surface area contributed by atoms with Gasteiger partial charge in [0.15, 0.2) is 0 Å². The van der Waals surface area contributed by atoms with Gasteiger partial charge < -0.3 is 10.1 Å². The first-order chi connectivity index (χ1) is 13.5. The molecule has 0 bridgehead atoms. The molecule has 5 nitrogen and oxygen atoms in total. The van der Waals surface area contributed by atoms with E-state index in [1.165, 1.54) is 7.11 Å². The molecule has 28 heavy (non-hydrogen) atoms. The fourth-order valence-corrected chi connectivity index (χ4v) is 4.31. The van der Waals surface area contributed by atoms with Crippen molar-refractivity contribution in [2.75, 3.05) is 12.4 Å². The molecule has 7 heteroatoms. The van der Waals surface area contributed by atoms with Crippen molar-refractivity contribution in [2.24, 2.45) is 0 Å². The summed E-state index contributed by atoms with van der Waals surface area (Å²) in [6.45, 7) is 3.82. The highest BCUT2D eigenvalue weighted by molar-refractivity contribution is 7.98. The Balaban J connectivity index is 1.75. The molecule has 0 spiro atoms. The normalized spacial score (nSPS) is 10.5. The summed E-state index contributed by atoms with van der Waals surface area (Å²) >= 11 is 3.21. The monoisotopic (exact) mass is 412 g/mol. The number of hydrogen-bond acceptors (Lipinski definition) is 6. The molecule has 0 saturated carbocycles. The first kappa shape index (κ1) is 20.1. The number of carbonyl (C=O) groups is 2. The molecular weight excluding hydrogens is 392 g/mol. The van der Waals surface area contributed by atoms with Crippen LogP contribution >= 0.6 is 23.1 Å². The molecule has 3 aromatic rings. The summed E-state index contributed by atoms with van der Waals surface area (Å²) in [5.74, 6) is 0.119. The summed E-state index contributed by atoms with van der Waals surface area (Å²) in [6.07, 6.45) is 0. The summed E-state index contributed by atoms with van der Waals surface area (Å²) < 4.78 is 4.73. The number of esters is 1. The number of thiazole rings is 1. The zero-order valence-electron chi connectivity index (χ0n) is 15.8. The molecular formula is C21H20N2O3S2. The van der Waals surface area contributed by atoms with E-state index in [0.29, 0.717) is 22.6 Å². The van der Waals surface area contributed by atoms with Crippen molar-refractivity contribution in [3.05, 3.63) is 75.2 Å². The van der Waals surface area contributed by atoms with Gasteiger partial charge in [-0.15, -0.1) is 23.1 Å². The number of hydrogen-bond donors (Lipinski definition) is 1. The van der Waals surface area contributed by atoms with Crippen LogP contribution in [-0.4, -0.2) is 24.0 Å². The number of thioether (sulfide) groups is 1. The standard InChI is InChI=1S/C21H20N2O3S2/c1-13-10-15(21(25)26-3)8-9-18(13)23-20(24)17-6-4-5-7-19(17)28-12-16-11-27-14(2)22-16/h4-11H,12H2,1-3H3,(H,23,24). The van der Waals surface area contributed by atoms with Gasteiger partial charge in [-0.05, 0) is 49.7 Å². The van der Waals surface area contributed by atoms with Crippen LogP contribution in [0.2, 0.25) is 0 Å². The third kappa shape index (κ3) is 4.79. The molecule has 144 valence electrons. The van der Waals surface area contributed by atoms with Crippen LogP contribution in [0.25, 0.3) is 0 Å². The SMILES string of the molecule is COC(=O)c1ccc(NC(=O)c2ccccc2SCc2csc(C)n2)c(C)c1. The fourth-order valence-electron chi connectivity index (χ4n) is 2.64. The molecule has 0 aliphatic carbocycles. The maximum Gasteiger partial charge on any atom is 0.337 e. The minimum atomic E-state index is -0.403. The molecule has 3 rings (SSSR count). The largest absolute Gasteiger partial charge is 0.465 e. The molecule has 1 heterocycles. The average molecular weight is 413 g/mol. The number of benzene rings is 2. The quantitative estimate of drug-likeness (QED) is 0.451.